The van der Waals surface area contributed by atoms with Crippen LogP contribution in [0.5, 0.6) is 0 Å². The van der Waals surface area contributed by atoms with Crippen molar-refractivity contribution in [2.45, 2.75) is 191 Å². The van der Waals surface area contributed by atoms with Gasteiger partial charge in [-0.1, -0.05) is 124 Å². The quantitative estimate of drug-likeness (QED) is 0.0242. The number of primary amides is 2. The highest BCUT2D eigenvalue weighted by Crippen LogP contribution is 2.24. The monoisotopic (exact) mass is 1630 g/mol. The van der Waals surface area contributed by atoms with Gasteiger partial charge in [0.1, 0.15) is 66.5 Å². The number of fused-ring (bicyclic) bond motifs is 1. The lowest BCUT2D eigenvalue weighted by molar-refractivity contribution is -0.142. The molecule has 5 aromatic carbocycles. The minimum absolute atomic E-state index is 0.00410. The smallest absolute Gasteiger partial charge is 0.322 e. The number of nitrogens with one attached hydrogen (secondary N) is 14. The average Bonchev–Trinajstić information content (AvgIpc) is 1.81. The molecule has 0 radical (unpaired) electrons. The summed E-state index contributed by atoms with van der Waals surface area (Å²) in [4.78, 5) is 213. The van der Waals surface area contributed by atoms with E-state index in [4.69, 9.17) is 23.1 Å². The highest BCUT2D eigenvalue weighted by Gasteiger charge is 2.41. The highest BCUT2D eigenvalue weighted by molar-refractivity contribution is 6.30. The Balaban J connectivity index is 1.10. The molecular weight excluding hydrogens is 1530 g/mol. The van der Waals surface area contributed by atoms with E-state index in [1.165, 1.54) is 79.7 Å². The molecule has 2 aliphatic rings. The first-order valence-electron chi connectivity index (χ1n) is 38.7. The molecule has 3 heterocycles. The van der Waals surface area contributed by atoms with Gasteiger partial charge >= 0.3 is 12.1 Å². The minimum atomic E-state index is -1.92. The van der Waals surface area contributed by atoms with Crippen molar-refractivity contribution in [1.29, 1.82) is 0 Å². The first kappa shape index (κ1) is 90.1. The topological polar surface area (TPSA) is 513 Å². The third kappa shape index (κ3) is 28.5. The summed E-state index contributed by atoms with van der Waals surface area (Å²) in [5, 5.41) is 50.4. The lowest BCUT2D eigenvalue weighted by Crippen LogP contribution is -2.62. The van der Waals surface area contributed by atoms with Crippen LogP contribution >= 0.6 is 11.6 Å². The van der Waals surface area contributed by atoms with Crippen molar-refractivity contribution in [3.8, 4) is 0 Å². The molecule has 0 spiro atoms. The van der Waals surface area contributed by atoms with Gasteiger partial charge in [0.05, 0.1) is 13.0 Å². The number of amides is 17. The second-order valence-corrected chi connectivity index (χ2v) is 30.2. The van der Waals surface area contributed by atoms with Crippen molar-refractivity contribution in [3.05, 3.63) is 173 Å². The number of benzene rings is 5. The van der Waals surface area contributed by atoms with Crippen LogP contribution < -0.4 is 85.9 Å². The molecule has 34 nitrogen and oxygen atoms in total. The van der Waals surface area contributed by atoms with Crippen LogP contribution in [0.3, 0.4) is 0 Å². The number of nitrogens with two attached hydrogens (primary N) is 2. The van der Waals surface area contributed by atoms with Gasteiger partial charge in [-0.2, -0.15) is 0 Å². The van der Waals surface area contributed by atoms with E-state index >= 15 is 14.4 Å². The van der Waals surface area contributed by atoms with Crippen LogP contribution in [0.1, 0.15) is 114 Å². The van der Waals surface area contributed by atoms with Crippen molar-refractivity contribution < 1.29 is 77.0 Å². The predicted molar refractivity (Wildman–Crippen MR) is 434 cm³/mol. The normalized spacial score (nSPS) is 16.1. The zero-order chi connectivity index (χ0) is 85.0. The molecule has 17 amide bonds. The zero-order valence-corrected chi connectivity index (χ0v) is 66.6. The number of rotatable bonds is 41. The predicted octanol–water partition coefficient (Wildman–Crippen LogP) is 1.51. The van der Waals surface area contributed by atoms with Gasteiger partial charge in [0, 0.05) is 80.4 Å². The van der Waals surface area contributed by atoms with Crippen LogP contribution in [-0.4, -0.2) is 196 Å². The summed E-state index contributed by atoms with van der Waals surface area (Å²) in [5.41, 5.74) is 13.6. The Hall–Kier alpha value is -12.4. The van der Waals surface area contributed by atoms with E-state index in [9.17, 15) is 62.6 Å². The standard InChI is InChI=1S/C82H103ClN18O16/c1-45(2)35-60(72(107)92-59(16-9-10-33-87-46(3)4)80(115)101-34-12-17-68(101)79(114)88-47(5)70(84)105)93-74(109)63(38-51-23-30-58(31-24-51)91-81(85)116)95-76(111)64(39-50-21-28-57(29-22-50)90-71(106)66-42-69(104)100-82(117)99-66)97-78(113)67(44-102)98-77(112)65(41-53-13-11-32-86-43-53)96-75(110)62(37-49-19-26-56(83)27-20-49)94-73(108)61(89-48(6)103)40-52-18-25-54-14-7-8-15-55(54)36-52/h7-8,11,13-15,18-32,36,43,45-47,59-68,87,102H,9-10,12,16-17,33-35,37-42,44H2,1-6H3,(H2,84,105)(H,88,114)(H,89,103)(H,90,106)(H,92,107)(H,93,109)(H,94,108)(H,95,111)(H,96,110)(H,97,113)(H,98,112)(H3,85,91,116)(H2,99,100,104,117)/t47-,59+,60+,61-,62-,63-,64+,65-,66-,67+,68?/m1/s1. The fourth-order valence-corrected chi connectivity index (χ4v) is 13.5. The summed E-state index contributed by atoms with van der Waals surface area (Å²) in [6.45, 7) is 9.74. The van der Waals surface area contributed by atoms with E-state index in [0.717, 1.165) is 10.8 Å². The maximum Gasteiger partial charge on any atom is 0.322 e. The van der Waals surface area contributed by atoms with Gasteiger partial charge in [-0.15, -0.1) is 0 Å². The first-order valence-corrected chi connectivity index (χ1v) is 39.1. The number of nitrogens with zero attached hydrogens (tertiary/aromatic N) is 2. The lowest BCUT2D eigenvalue weighted by atomic mass is 9.99. The Morgan fingerprint density at radius 3 is 1.54 bits per heavy atom. The number of imide groups is 1. The third-order valence-corrected chi connectivity index (χ3v) is 19.7. The van der Waals surface area contributed by atoms with Gasteiger partial charge in [-0.3, -0.25) is 72.6 Å². The number of halogens is 1. The SMILES string of the molecule is CC(=O)N[C@H](Cc1ccc2ccccc2c1)C(=O)N[C@H](Cc1ccc(Cl)cc1)C(=O)N[C@H](Cc1cccnc1)C(=O)N[C@@H](CO)C(=O)N[C@@H](Cc1ccc(NC(=O)[C@H]2CC(=O)NC(=O)N2)cc1)C(=O)N[C@H](Cc1ccc(NC(N)=O)cc1)C(=O)N[C@@H](CC(C)C)C(=O)N[C@@H](CCCCNC(C)C)C(=O)N1CCCC1C(=O)N[C@H](C)C(N)=O. The van der Waals surface area contributed by atoms with Gasteiger partial charge in [0.15, 0.2) is 0 Å². The molecule has 1 unspecified atom stereocenters. The fourth-order valence-electron chi connectivity index (χ4n) is 13.4. The van der Waals surface area contributed by atoms with E-state index in [1.807, 2.05) is 61.6 Å². The zero-order valence-electron chi connectivity index (χ0n) is 65.9. The molecule has 117 heavy (non-hydrogen) atoms. The van der Waals surface area contributed by atoms with Crippen LogP contribution in [0, 0.1) is 5.92 Å². The number of hydrogen-bond acceptors (Lipinski definition) is 18. The van der Waals surface area contributed by atoms with Crippen molar-refractivity contribution in [2.24, 2.45) is 17.4 Å². The molecule has 19 N–H and O–H groups in total. The number of aromatic nitrogens is 1. The molecule has 35 heteroatoms. The van der Waals surface area contributed by atoms with E-state index in [0.29, 0.717) is 53.1 Å². The Labute approximate surface area is 681 Å². The summed E-state index contributed by atoms with van der Waals surface area (Å²) >= 11 is 6.27. The number of urea groups is 2. The number of likely N-dealkylation sites (tertiary alicyclic amines) is 1. The molecule has 1 aromatic heterocycles. The molecule has 2 fully saturated rings. The molecular formula is C82H103ClN18O16. The van der Waals surface area contributed by atoms with E-state index in [-0.39, 0.29) is 86.8 Å². The number of pyridine rings is 1. The van der Waals surface area contributed by atoms with Crippen LogP contribution in [0.2, 0.25) is 5.02 Å². The number of anilines is 2. The van der Waals surface area contributed by atoms with Gasteiger partial charge in [0.2, 0.25) is 76.8 Å². The number of aliphatic hydroxyl groups excluding tert-OH is 1. The largest absolute Gasteiger partial charge is 0.394 e. The number of carbonyl (C=O) groups excluding carboxylic acids is 15. The molecule has 0 aliphatic carbocycles. The van der Waals surface area contributed by atoms with Crippen molar-refractivity contribution in [3.63, 3.8) is 0 Å². The Morgan fingerprint density at radius 1 is 0.538 bits per heavy atom. The van der Waals surface area contributed by atoms with E-state index in [2.05, 4.69) is 74.1 Å². The van der Waals surface area contributed by atoms with E-state index in [1.54, 1.807) is 50.2 Å². The Kier molecular flexibility index (Phi) is 33.8. The summed E-state index contributed by atoms with van der Waals surface area (Å²) in [6.07, 6.45) is 3.04. The summed E-state index contributed by atoms with van der Waals surface area (Å²) in [7, 11) is 0. The number of unbranched alkanes of at least 4 members (excludes halogenated alkanes) is 1. The number of hydrogen-bond donors (Lipinski definition) is 17. The number of aliphatic hydroxyl groups is 1. The highest BCUT2D eigenvalue weighted by atomic mass is 35.5. The van der Waals surface area contributed by atoms with E-state index < -0.39 is 168 Å². The molecule has 6 aromatic rings. The Morgan fingerprint density at radius 2 is 1.03 bits per heavy atom. The van der Waals surface area contributed by atoms with Crippen molar-refractivity contribution >= 4 is 123 Å². The molecule has 624 valence electrons. The molecule has 0 bridgehead atoms. The Bertz CT molecular complexity index is 4520. The van der Waals surface area contributed by atoms with Crippen LogP contribution in [0.15, 0.2) is 140 Å². The second kappa shape index (κ2) is 43.9. The van der Waals surface area contributed by atoms with Crippen LogP contribution in [0.25, 0.3) is 10.8 Å². The van der Waals surface area contributed by atoms with Crippen LogP contribution in [-0.2, 0) is 94.4 Å². The summed E-state index contributed by atoms with van der Waals surface area (Å²) in [5.74, 6) is -11.0. The van der Waals surface area contributed by atoms with Crippen LogP contribution in [0.4, 0.5) is 21.0 Å². The van der Waals surface area contributed by atoms with Crippen molar-refractivity contribution in [1.82, 2.24) is 73.7 Å². The van der Waals surface area contributed by atoms with Gasteiger partial charge in [0.25, 0.3) is 0 Å². The second-order valence-electron chi connectivity index (χ2n) is 29.8. The fraction of sp³-hybridized carbons (Fsp3) is 0.415. The maximum atomic E-state index is 15.5. The molecule has 0 saturated carbocycles. The van der Waals surface area contributed by atoms with Gasteiger partial charge in [-0.25, -0.2) is 9.59 Å². The molecule has 2 saturated heterocycles. The third-order valence-electron chi connectivity index (χ3n) is 19.4. The lowest BCUT2D eigenvalue weighted by Gasteiger charge is -2.31. The average molecular weight is 1630 g/mol. The summed E-state index contributed by atoms with van der Waals surface area (Å²) in [6, 6.07) is 17.3. The number of carbonyl (C=O) groups is 15. The maximum absolute atomic E-state index is 15.5. The van der Waals surface area contributed by atoms with Crippen molar-refractivity contribution in [2.75, 3.05) is 30.3 Å². The molecule has 8 rings (SSSR count). The first-order chi connectivity index (χ1) is 55.8. The molecule has 2 aliphatic heterocycles. The summed E-state index contributed by atoms with van der Waals surface area (Å²) < 4.78 is 0. The minimum Gasteiger partial charge on any atom is -0.394 e. The molecule has 11 atom stereocenters. The van der Waals surface area contributed by atoms with Gasteiger partial charge < -0.3 is 90.6 Å². The van der Waals surface area contributed by atoms with Gasteiger partial charge in [-0.05, 0) is 139 Å².